The lowest BCUT2D eigenvalue weighted by Crippen LogP contribution is -2.04. The van der Waals surface area contributed by atoms with Crippen LogP contribution in [-0.4, -0.2) is 26.1 Å². The molecule has 0 bridgehead atoms. The Morgan fingerprint density at radius 1 is 0.941 bits per heavy atom. The molecule has 1 aromatic carbocycles. The van der Waals surface area contributed by atoms with Crippen LogP contribution in [0.1, 0.15) is 31.1 Å². The first kappa shape index (κ1) is 13.4. The van der Waals surface area contributed by atoms with Crippen molar-refractivity contribution in [2.24, 2.45) is 0 Å². The Hall–Kier alpha value is -1.71. The van der Waals surface area contributed by atoms with Gasteiger partial charge in [-0.1, -0.05) is 0 Å². The first-order valence-electron chi connectivity index (χ1n) is 5.78. The molecule has 1 rings (SSSR count). The van der Waals surface area contributed by atoms with Gasteiger partial charge in [0.25, 0.3) is 0 Å². The van der Waals surface area contributed by atoms with E-state index < -0.39 is 0 Å². The third kappa shape index (κ3) is 3.12. The van der Waals surface area contributed by atoms with Crippen LogP contribution in [0.2, 0.25) is 0 Å². The van der Waals surface area contributed by atoms with Gasteiger partial charge >= 0.3 is 0 Å². The van der Waals surface area contributed by atoms with Gasteiger partial charge < -0.3 is 14.2 Å². The summed E-state index contributed by atoms with van der Waals surface area (Å²) in [6, 6.07) is 3.48. The van der Waals surface area contributed by atoms with Crippen molar-refractivity contribution in [3.8, 4) is 17.2 Å². The molecule has 0 radical (unpaired) electrons. The molecule has 1 aromatic rings. The topological polar surface area (TPSA) is 44.8 Å². The van der Waals surface area contributed by atoms with Crippen LogP contribution < -0.4 is 14.2 Å². The Balaban J connectivity index is 3.22. The number of aldehydes is 1. The maximum Gasteiger partial charge on any atom is 0.175 e. The number of carbonyl (C=O) groups excluding carboxylic acids is 1. The molecule has 0 heterocycles. The zero-order chi connectivity index (χ0) is 12.7. The van der Waals surface area contributed by atoms with Crippen LogP contribution in [-0.2, 0) is 0 Å². The minimum Gasteiger partial charge on any atom is -0.493 e. The molecule has 0 saturated heterocycles. The first-order chi connectivity index (χ1) is 8.28. The second-order valence-corrected chi connectivity index (χ2v) is 3.22. The van der Waals surface area contributed by atoms with Crippen LogP contribution in [0.3, 0.4) is 0 Å². The molecule has 0 saturated carbocycles. The second-order valence-electron chi connectivity index (χ2n) is 3.22. The molecule has 0 N–H and O–H groups in total. The molecule has 0 atom stereocenters. The molecule has 4 heteroatoms. The summed E-state index contributed by atoms with van der Waals surface area (Å²) in [4.78, 5) is 11.1. The van der Waals surface area contributed by atoms with Crippen molar-refractivity contribution in [3.63, 3.8) is 0 Å². The van der Waals surface area contributed by atoms with Gasteiger partial charge in [0, 0.05) is 0 Å². The number of rotatable bonds is 7. The molecule has 0 aliphatic rings. The highest BCUT2D eigenvalue weighted by Gasteiger charge is 2.16. The summed E-state index contributed by atoms with van der Waals surface area (Å²) in [5.74, 6) is 1.55. The zero-order valence-corrected chi connectivity index (χ0v) is 10.5. The molecule has 0 unspecified atom stereocenters. The van der Waals surface area contributed by atoms with E-state index >= 15 is 0 Å². The largest absolute Gasteiger partial charge is 0.493 e. The van der Waals surface area contributed by atoms with Gasteiger partial charge in [-0.3, -0.25) is 4.79 Å². The van der Waals surface area contributed by atoms with Crippen molar-refractivity contribution in [2.75, 3.05) is 19.8 Å². The molecule has 0 fully saturated rings. The summed E-state index contributed by atoms with van der Waals surface area (Å²) < 4.78 is 16.3. The van der Waals surface area contributed by atoms with E-state index in [1.807, 2.05) is 20.8 Å². The quantitative estimate of drug-likeness (QED) is 0.685. The zero-order valence-electron chi connectivity index (χ0n) is 10.5. The Kier molecular flexibility index (Phi) is 5.33. The molecule has 17 heavy (non-hydrogen) atoms. The molecule has 94 valence electrons. The van der Waals surface area contributed by atoms with E-state index in [0.29, 0.717) is 42.6 Å². The number of carbonyl (C=O) groups is 1. The van der Waals surface area contributed by atoms with Crippen LogP contribution in [0.15, 0.2) is 12.1 Å². The van der Waals surface area contributed by atoms with Gasteiger partial charge in [-0.05, 0) is 32.9 Å². The highest BCUT2D eigenvalue weighted by Crippen LogP contribution is 2.36. The van der Waals surface area contributed by atoms with Gasteiger partial charge in [0.05, 0.1) is 19.8 Å². The third-order valence-electron chi connectivity index (χ3n) is 2.13. The van der Waals surface area contributed by atoms with Crippen molar-refractivity contribution >= 4 is 6.29 Å². The average molecular weight is 238 g/mol. The molecule has 0 aromatic heterocycles. The van der Waals surface area contributed by atoms with Crippen molar-refractivity contribution in [1.82, 2.24) is 0 Å². The van der Waals surface area contributed by atoms with Crippen molar-refractivity contribution in [3.05, 3.63) is 17.7 Å². The molecule has 0 aliphatic carbocycles. The predicted octanol–water partition coefficient (Wildman–Crippen LogP) is 2.70. The van der Waals surface area contributed by atoms with E-state index in [1.165, 1.54) is 0 Å². The lowest BCUT2D eigenvalue weighted by molar-refractivity contribution is 0.111. The van der Waals surface area contributed by atoms with Crippen molar-refractivity contribution in [1.29, 1.82) is 0 Å². The standard InChI is InChI=1S/C13H18O4/c1-4-15-11-7-8-12(16-5-2)13(17-6-3)10(11)9-14/h7-9H,4-6H2,1-3H3. The predicted molar refractivity (Wildman–Crippen MR) is 65.3 cm³/mol. The Morgan fingerprint density at radius 3 is 2.00 bits per heavy atom. The fourth-order valence-corrected chi connectivity index (χ4v) is 1.52. The van der Waals surface area contributed by atoms with Crippen molar-refractivity contribution < 1.29 is 19.0 Å². The van der Waals surface area contributed by atoms with Crippen LogP contribution >= 0.6 is 0 Å². The summed E-state index contributed by atoms with van der Waals surface area (Å²) in [5.41, 5.74) is 0.402. The lowest BCUT2D eigenvalue weighted by Gasteiger charge is -2.15. The Bertz CT molecular complexity index is 374. The van der Waals surface area contributed by atoms with Crippen molar-refractivity contribution in [2.45, 2.75) is 20.8 Å². The highest BCUT2D eigenvalue weighted by molar-refractivity contribution is 5.85. The van der Waals surface area contributed by atoms with Gasteiger partial charge in [-0.2, -0.15) is 0 Å². The second kappa shape index (κ2) is 6.78. The lowest BCUT2D eigenvalue weighted by atomic mass is 10.1. The minimum absolute atomic E-state index is 0.402. The number of ether oxygens (including phenoxy) is 3. The van der Waals surface area contributed by atoms with E-state index in [0.717, 1.165) is 6.29 Å². The average Bonchev–Trinajstić information content (AvgIpc) is 2.33. The minimum atomic E-state index is 0.402. The van der Waals surface area contributed by atoms with Gasteiger partial charge in [0.2, 0.25) is 0 Å². The van der Waals surface area contributed by atoms with Gasteiger partial charge in [0.15, 0.2) is 17.8 Å². The summed E-state index contributed by atoms with van der Waals surface area (Å²) in [5, 5.41) is 0. The molecular weight excluding hydrogens is 220 g/mol. The van der Waals surface area contributed by atoms with Gasteiger partial charge in [-0.25, -0.2) is 0 Å². The summed E-state index contributed by atoms with van der Waals surface area (Å²) in [6.45, 7) is 7.10. The first-order valence-corrected chi connectivity index (χ1v) is 5.78. The number of benzene rings is 1. The highest BCUT2D eigenvalue weighted by atomic mass is 16.5. The maximum atomic E-state index is 11.1. The van der Waals surface area contributed by atoms with E-state index in [1.54, 1.807) is 12.1 Å². The summed E-state index contributed by atoms with van der Waals surface area (Å²) >= 11 is 0. The molecule has 4 nitrogen and oxygen atoms in total. The number of hydrogen-bond donors (Lipinski definition) is 0. The van der Waals surface area contributed by atoms with Gasteiger partial charge in [-0.15, -0.1) is 0 Å². The van der Waals surface area contributed by atoms with E-state index in [-0.39, 0.29) is 0 Å². The van der Waals surface area contributed by atoms with Crippen LogP contribution in [0.4, 0.5) is 0 Å². The Morgan fingerprint density at radius 2 is 1.47 bits per heavy atom. The third-order valence-corrected chi connectivity index (χ3v) is 2.13. The SMILES string of the molecule is CCOc1ccc(OCC)c(OCC)c1C=O. The van der Waals surface area contributed by atoms with Crippen LogP contribution in [0.25, 0.3) is 0 Å². The van der Waals surface area contributed by atoms with Crippen LogP contribution in [0, 0.1) is 0 Å². The fraction of sp³-hybridized carbons (Fsp3) is 0.462. The van der Waals surface area contributed by atoms with E-state index in [4.69, 9.17) is 14.2 Å². The smallest absolute Gasteiger partial charge is 0.175 e. The number of hydrogen-bond acceptors (Lipinski definition) is 4. The molecule has 0 aliphatic heterocycles. The fourth-order valence-electron chi connectivity index (χ4n) is 1.52. The maximum absolute atomic E-state index is 11.1. The monoisotopic (exact) mass is 238 g/mol. The van der Waals surface area contributed by atoms with E-state index in [9.17, 15) is 4.79 Å². The molecular formula is C13H18O4. The van der Waals surface area contributed by atoms with E-state index in [2.05, 4.69) is 0 Å². The summed E-state index contributed by atoms with van der Waals surface area (Å²) in [6.07, 6.45) is 0.735. The van der Waals surface area contributed by atoms with Crippen LogP contribution in [0.5, 0.6) is 17.2 Å². The normalized spacial score (nSPS) is 9.82. The molecule has 0 amide bonds. The van der Waals surface area contributed by atoms with Gasteiger partial charge in [0.1, 0.15) is 11.3 Å². The molecule has 0 spiro atoms. The summed E-state index contributed by atoms with van der Waals surface area (Å²) in [7, 11) is 0. The Labute approximate surface area is 101 Å².